The van der Waals surface area contributed by atoms with Gasteiger partial charge in [0.25, 0.3) is 0 Å². The number of carbonyl (C=O) groups excluding carboxylic acids is 1. The van der Waals surface area contributed by atoms with Crippen LogP contribution in [0.3, 0.4) is 0 Å². The van der Waals surface area contributed by atoms with Gasteiger partial charge in [0.05, 0.1) is 0 Å². The van der Waals surface area contributed by atoms with E-state index in [0.29, 0.717) is 6.54 Å². The average molecular weight is 248 g/mol. The third kappa shape index (κ3) is 2.96. The second-order valence-corrected chi connectivity index (χ2v) is 4.45. The van der Waals surface area contributed by atoms with Crippen molar-refractivity contribution in [2.75, 3.05) is 13.1 Å². The highest BCUT2D eigenvalue weighted by molar-refractivity contribution is 5.92. The molecule has 18 heavy (non-hydrogen) atoms. The molecule has 0 spiro atoms. The molecule has 0 aromatic heterocycles. The van der Waals surface area contributed by atoms with E-state index in [4.69, 9.17) is 5.73 Å². The number of nitrogens with two attached hydrogens (primary N) is 1. The van der Waals surface area contributed by atoms with Crippen LogP contribution in [0.15, 0.2) is 30.3 Å². The number of halogens is 1. The van der Waals surface area contributed by atoms with Gasteiger partial charge in [0, 0.05) is 25.2 Å². The molecule has 2 rings (SSSR count). The molecule has 3 nitrogen and oxygen atoms in total. The molecular weight excluding hydrogens is 231 g/mol. The minimum atomic E-state index is -0.277. The number of likely N-dealkylation sites (tertiary alicyclic amines) is 1. The first-order chi connectivity index (χ1) is 8.70. The highest BCUT2D eigenvalue weighted by Crippen LogP contribution is 2.16. The number of nitrogens with zero attached hydrogens (tertiary/aromatic N) is 1. The molecule has 1 fully saturated rings. The number of carbonyl (C=O) groups is 1. The van der Waals surface area contributed by atoms with Crippen molar-refractivity contribution in [1.82, 2.24) is 4.90 Å². The summed E-state index contributed by atoms with van der Waals surface area (Å²) in [4.78, 5) is 13.8. The molecule has 1 aromatic carbocycles. The second-order valence-electron chi connectivity index (χ2n) is 4.45. The van der Waals surface area contributed by atoms with E-state index in [0.717, 1.165) is 24.9 Å². The Balaban J connectivity index is 2.00. The van der Waals surface area contributed by atoms with Gasteiger partial charge in [-0.15, -0.1) is 0 Å². The Morgan fingerprint density at radius 2 is 2.17 bits per heavy atom. The summed E-state index contributed by atoms with van der Waals surface area (Å²) >= 11 is 0. The van der Waals surface area contributed by atoms with Crippen LogP contribution in [0.5, 0.6) is 0 Å². The first-order valence-electron chi connectivity index (χ1n) is 6.15. The molecule has 1 amide bonds. The van der Waals surface area contributed by atoms with Crippen LogP contribution in [0, 0.1) is 5.82 Å². The monoisotopic (exact) mass is 248 g/mol. The van der Waals surface area contributed by atoms with E-state index in [1.165, 1.54) is 18.2 Å². The molecule has 1 aliphatic heterocycles. The Labute approximate surface area is 106 Å². The predicted molar refractivity (Wildman–Crippen MR) is 69.2 cm³/mol. The summed E-state index contributed by atoms with van der Waals surface area (Å²) in [6.45, 7) is 1.28. The Morgan fingerprint density at radius 1 is 1.44 bits per heavy atom. The van der Waals surface area contributed by atoms with Gasteiger partial charge in [-0.2, -0.15) is 0 Å². The van der Waals surface area contributed by atoms with Crippen molar-refractivity contribution < 1.29 is 9.18 Å². The number of amides is 1. The Bertz CT molecular complexity index is 442. The van der Waals surface area contributed by atoms with Gasteiger partial charge >= 0.3 is 0 Å². The first-order valence-corrected chi connectivity index (χ1v) is 6.15. The molecule has 1 atom stereocenters. The van der Waals surface area contributed by atoms with Crippen molar-refractivity contribution in [3.8, 4) is 0 Å². The van der Waals surface area contributed by atoms with Gasteiger partial charge in [-0.1, -0.05) is 12.1 Å². The highest BCUT2D eigenvalue weighted by Gasteiger charge is 2.25. The summed E-state index contributed by atoms with van der Waals surface area (Å²) in [5.74, 6) is -0.298. The minimum absolute atomic E-state index is 0.0210. The molecule has 4 heteroatoms. The maximum absolute atomic E-state index is 12.7. The van der Waals surface area contributed by atoms with Crippen LogP contribution in [-0.4, -0.2) is 29.9 Å². The molecular formula is C14H17FN2O. The summed E-state index contributed by atoms with van der Waals surface area (Å²) in [7, 11) is 0. The minimum Gasteiger partial charge on any atom is -0.335 e. The van der Waals surface area contributed by atoms with Crippen molar-refractivity contribution >= 4 is 12.0 Å². The second kappa shape index (κ2) is 5.78. The Morgan fingerprint density at radius 3 is 2.83 bits per heavy atom. The van der Waals surface area contributed by atoms with Crippen LogP contribution in [0.4, 0.5) is 4.39 Å². The van der Waals surface area contributed by atoms with E-state index in [1.807, 2.05) is 0 Å². The fraction of sp³-hybridized carbons (Fsp3) is 0.357. The summed E-state index contributed by atoms with van der Waals surface area (Å²) in [5.41, 5.74) is 6.44. The normalized spacial score (nSPS) is 19.7. The van der Waals surface area contributed by atoms with Gasteiger partial charge in [-0.25, -0.2) is 4.39 Å². The van der Waals surface area contributed by atoms with Gasteiger partial charge in [0.2, 0.25) is 5.91 Å². The standard InChI is InChI=1S/C14H17FN2O/c15-12-6-3-11(4-7-12)5-8-14(18)17-9-1-2-13(17)10-16/h3-8,13H,1-2,9-10,16H2/b8-5+. The molecule has 1 aliphatic rings. The lowest BCUT2D eigenvalue weighted by Crippen LogP contribution is -2.38. The lowest BCUT2D eigenvalue weighted by Gasteiger charge is -2.21. The van der Waals surface area contributed by atoms with Gasteiger partial charge in [-0.05, 0) is 36.6 Å². The molecule has 0 saturated carbocycles. The predicted octanol–water partition coefficient (Wildman–Crippen LogP) is 1.79. The van der Waals surface area contributed by atoms with E-state index >= 15 is 0 Å². The van der Waals surface area contributed by atoms with Crippen molar-refractivity contribution in [1.29, 1.82) is 0 Å². The molecule has 96 valence electrons. The summed E-state index contributed by atoms with van der Waals surface area (Å²) in [6, 6.07) is 6.20. The van der Waals surface area contributed by atoms with Crippen LogP contribution < -0.4 is 5.73 Å². The van der Waals surface area contributed by atoms with E-state index < -0.39 is 0 Å². The summed E-state index contributed by atoms with van der Waals surface area (Å²) in [5, 5.41) is 0. The fourth-order valence-corrected chi connectivity index (χ4v) is 2.21. The maximum atomic E-state index is 12.7. The third-order valence-electron chi connectivity index (χ3n) is 3.22. The molecule has 0 aliphatic carbocycles. The van der Waals surface area contributed by atoms with E-state index in [-0.39, 0.29) is 17.8 Å². The number of benzene rings is 1. The molecule has 2 N–H and O–H groups in total. The zero-order valence-electron chi connectivity index (χ0n) is 10.2. The molecule has 0 radical (unpaired) electrons. The van der Waals surface area contributed by atoms with E-state index in [2.05, 4.69) is 0 Å². The molecule has 1 aromatic rings. The largest absolute Gasteiger partial charge is 0.335 e. The molecule has 1 unspecified atom stereocenters. The lowest BCUT2D eigenvalue weighted by atomic mass is 10.2. The smallest absolute Gasteiger partial charge is 0.246 e. The quantitative estimate of drug-likeness (QED) is 0.829. The van der Waals surface area contributed by atoms with Crippen LogP contribution in [0.25, 0.3) is 6.08 Å². The van der Waals surface area contributed by atoms with E-state index in [1.54, 1.807) is 23.1 Å². The van der Waals surface area contributed by atoms with Gasteiger partial charge in [-0.3, -0.25) is 4.79 Å². The van der Waals surface area contributed by atoms with Crippen LogP contribution in [0.1, 0.15) is 18.4 Å². The van der Waals surface area contributed by atoms with Crippen LogP contribution >= 0.6 is 0 Å². The zero-order valence-corrected chi connectivity index (χ0v) is 10.2. The molecule has 1 heterocycles. The Kier molecular flexibility index (Phi) is 4.10. The molecule has 0 bridgehead atoms. The van der Waals surface area contributed by atoms with Gasteiger partial charge in [0.1, 0.15) is 5.82 Å². The third-order valence-corrected chi connectivity index (χ3v) is 3.22. The molecule has 1 saturated heterocycles. The van der Waals surface area contributed by atoms with Crippen molar-refractivity contribution in [3.63, 3.8) is 0 Å². The van der Waals surface area contributed by atoms with Gasteiger partial charge < -0.3 is 10.6 Å². The van der Waals surface area contributed by atoms with Crippen molar-refractivity contribution in [2.24, 2.45) is 5.73 Å². The first kappa shape index (κ1) is 12.8. The number of hydrogen-bond donors (Lipinski definition) is 1. The van der Waals surface area contributed by atoms with Gasteiger partial charge in [0.15, 0.2) is 0 Å². The summed E-state index contributed by atoms with van der Waals surface area (Å²) < 4.78 is 12.7. The lowest BCUT2D eigenvalue weighted by molar-refractivity contribution is -0.126. The SMILES string of the molecule is NCC1CCCN1C(=O)/C=C/c1ccc(F)cc1. The van der Waals surface area contributed by atoms with Crippen LogP contribution in [-0.2, 0) is 4.79 Å². The van der Waals surface area contributed by atoms with Crippen LogP contribution in [0.2, 0.25) is 0 Å². The average Bonchev–Trinajstić information content (AvgIpc) is 2.86. The van der Waals surface area contributed by atoms with Crippen molar-refractivity contribution in [3.05, 3.63) is 41.7 Å². The zero-order chi connectivity index (χ0) is 13.0. The van der Waals surface area contributed by atoms with Crippen molar-refractivity contribution in [2.45, 2.75) is 18.9 Å². The van der Waals surface area contributed by atoms with E-state index in [9.17, 15) is 9.18 Å². The Hall–Kier alpha value is -1.68. The maximum Gasteiger partial charge on any atom is 0.246 e. The summed E-state index contributed by atoms with van der Waals surface area (Å²) in [6.07, 6.45) is 5.22. The number of rotatable bonds is 3. The number of hydrogen-bond acceptors (Lipinski definition) is 2. The highest BCUT2D eigenvalue weighted by atomic mass is 19.1. The fourth-order valence-electron chi connectivity index (χ4n) is 2.21. The topological polar surface area (TPSA) is 46.3 Å².